The zero-order valence-corrected chi connectivity index (χ0v) is 17.0. The van der Waals surface area contributed by atoms with E-state index < -0.39 is 0 Å². The van der Waals surface area contributed by atoms with Crippen molar-refractivity contribution in [1.82, 2.24) is 25.0 Å². The van der Waals surface area contributed by atoms with Crippen LogP contribution in [0, 0.1) is 0 Å². The highest BCUT2D eigenvalue weighted by atomic mass is 16.5. The standard InChI is InChI=1S/C23H29N5O/c1-19(27-10-12-29-13-11-27)14-25-16-22-18-28(17-20-6-3-2-4-7-20)26-23(22)21-8-5-9-24-15-21/h2-9,15,18-19,25H,10-14,16-17H2,1H3. The van der Waals surface area contributed by atoms with E-state index in [1.807, 2.05) is 23.0 Å². The van der Waals surface area contributed by atoms with Crippen LogP contribution in [0.2, 0.25) is 0 Å². The molecular formula is C23H29N5O. The number of nitrogens with zero attached hydrogens (tertiary/aromatic N) is 4. The molecule has 4 rings (SSSR count). The van der Waals surface area contributed by atoms with E-state index >= 15 is 0 Å². The minimum Gasteiger partial charge on any atom is -0.379 e. The molecule has 0 amide bonds. The zero-order chi connectivity index (χ0) is 19.9. The first-order valence-electron chi connectivity index (χ1n) is 10.3. The molecule has 0 aliphatic carbocycles. The van der Waals surface area contributed by atoms with Gasteiger partial charge in [-0.2, -0.15) is 5.10 Å². The van der Waals surface area contributed by atoms with Gasteiger partial charge in [-0.05, 0) is 24.6 Å². The van der Waals surface area contributed by atoms with Crippen LogP contribution in [0.3, 0.4) is 0 Å². The summed E-state index contributed by atoms with van der Waals surface area (Å²) in [6.45, 7) is 8.46. The lowest BCUT2D eigenvalue weighted by Gasteiger charge is -2.32. The molecule has 1 aromatic carbocycles. The molecular weight excluding hydrogens is 362 g/mol. The van der Waals surface area contributed by atoms with Crippen molar-refractivity contribution in [2.75, 3.05) is 32.8 Å². The predicted molar refractivity (Wildman–Crippen MR) is 115 cm³/mol. The Labute approximate surface area is 172 Å². The third-order valence-corrected chi connectivity index (χ3v) is 5.38. The van der Waals surface area contributed by atoms with Gasteiger partial charge in [-0.3, -0.25) is 14.6 Å². The van der Waals surface area contributed by atoms with E-state index in [4.69, 9.17) is 9.84 Å². The van der Waals surface area contributed by atoms with Crippen LogP contribution in [0.25, 0.3) is 11.3 Å². The predicted octanol–water partition coefficient (Wildman–Crippen LogP) is 2.80. The van der Waals surface area contributed by atoms with E-state index in [0.717, 1.165) is 57.2 Å². The maximum absolute atomic E-state index is 5.46. The fourth-order valence-corrected chi connectivity index (χ4v) is 3.75. The van der Waals surface area contributed by atoms with Crippen molar-refractivity contribution in [3.63, 3.8) is 0 Å². The molecule has 1 aliphatic heterocycles. The minimum absolute atomic E-state index is 0.486. The van der Waals surface area contributed by atoms with Crippen molar-refractivity contribution in [3.8, 4) is 11.3 Å². The van der Waals surface area contributed by atoms with Gasteiger partial charge in [0.05, 0.1) is 25.5 Å². The lowest BCUT2D eigenvalue weighted by molar-refractivity contribution is 0.0203. The summed E-state index contributed by atoms with van der Waals surface area (Å²) < 4.78 is 7.49. The summed E-state index contributed by atoms with van der Waals surface area (Å²) in [5, 5.41) is 8.50. The average Bonchev–Trinajstić information content (AvgIpc) is 3.18. The van der Waals surface area contributed by atoms with Crippen molar-refractivity contribution < 1.29 is 4.74 Å². The molecule has 29 heavy (non-hydrogen) atoms. The summed E-state index contributed by atoms with van der Waals surface area (Å²) in [5.41, 5.74) is 4.49. The molecule has 1 aliphatic rings. The van der Waals surface area contributed by atoms with E-state index in [1.165, 1.54) is 11.1 Å². The molecule has 0 bridgehead atoms. The van der Waals surface area contributed by atoms with Crippen LogP contribution in [-0.2, 0) is 17.8 Å². The molecule has 152 valence electrons. The summed E-state index contributed by atoms with van der Waals surface area (Å²) in [7, 11) is 0. The zero-order valence-electron chi connectivity index (χ0n) is 17.0. The molecule has 6 nitrogen and oxygen atoms in total. The van der Waals surface area contributed by atoms with Crippen LogP contribution >= 0.6 is 0 Å². The number of hydrogen-bond acceptors (Lipinski definition) is 5. The van der Waals surface area contributed by atoms with Crippen molar-refractivity contribution >= 4 is 0 Å². The largest absolute Gasteiger partial charge is 0.379 e. The fraction of sp³-hybridized carbons (Fsp3) is 0.391. The Morgan fingerprint density at radius 1 is 1.10 bits per heavy atom. The number of nitrogens with one attached hydrogen (secondary N) is 1. The molecule has 2 aromatic heterocycles. The second-order valence-electron chi connectivity index (χ2n) is 7.56. The van der Waals surface area contributed by atoms with Crippen LogP contribution in [0.4, 0.5) is 0 Å². The van der Waals surface area contributed by atoms with E-state index in [-0.39, 0.29) is 0 Å². The second kappa shape index (κ2) is 9.78. The van der Waals surface area contributed by atoms with E-state index in [0.29, 0.717) is 6.04 Å². The van der Waals surface area contributed by atoms with Crippen LogP contribution in [0.1, 0.15) is 18.1 Å². The van der Waals surface area contributed by atoms with Gasteiger partial charge in [0.2, 0.25) is 0 Å². The lowest BCUT2D eigenvalue weighted by Crippen LogP contribution is -2.46. The first kappa shape index (κ1) is 19.8. The van der Waals surface area contributed by atoms with Gasteiger partial charge in [0.25, 0.3) is 0 Å². The highest BCUT2D eigenvalue weighted by Gasteiger charge is 2.17. The van der Waals surface area contributed by atoms with Crippen LogP contribution < -0.4 is 5.32 Å². The minimum atomic E-state index is 0.486. The molecule has 0 saturated carbocycles. The van der Waals surface area contributed by atoms with Crippen LogP contribution in [0.5, 0.6) is 0 Å². The number of ether oxygens (including phenoxy) is 1. The summed E-state index contributed by atoms with van der Waals surface area (Å²) in [4.78, 5) is 6.76. The van der Waals surface area contributed by atoms with Crippen LogP contribution in [0.15, 0.2) is 61.1 Å². The third-order valence-electron chi connectivity index (χ3n) is 5.38. The van der Waals surface area contributed by atoms with Gasteiger partial charge in [-0.15, -0.1) is 0 Å². The summed E-state index contributed by atoms with van der Waals surface area (Å²) >= 11 is 0. The molecule has 1 fully saturated rings. The molecule has 1 N–H and O–H groups in total. The lowest BCUT2D eigenvalue weighted by atomic mass is 10.1. The number of rotatable bonds is 8. The van der Waals surface area contributed by atoms with Gasteiger partial charge in [0.1, 0.15) is 0 Å². The van der Waals surface area contributed by atoms with E-state index in [2.05, 4.69) is 58.7 Å². The Morgan fingerprint density at radius 3 is 2.69 bits per heavy atom. The first-order valence-corrected chi connectivity index (χ1v) is 10.3. The topological polar surface area (TPSA) is 55.2 Å². The molecule has 0 radical (unpaired) electrons. The summed E-state index contributed by atoms with van der Waals surface area (Å²) in [5.74, 6) is 0. The van der Waals surface area contributed by atoms with Gasteiger partial charge >= 0.3 is 0 Å². The first-order chi connectivity index (χ1) is 14.3. The Morgan fingerprint density at radius 2 is 1.93 bits per heavy atom. The van der Waals surface area contributed by atoms with Gasteiger partial charge in [0.15, 0.2) is 0 Å². The highest BCUT2D eigenvalue weighted by molar-refractivity contribution is 5.61. The monoisotopic (exact) mass is 391 g/mol. The summed E-state index contributed by atoms with van der Waals surface area (Å²) in [6, 6.07) is 15.0. The number of aromatic nitrogens is 3. The van der Waals surface area contributed by atoms with Crippen molar-refractivity contribution in [2.24, 2.45) is 0 Å². The molecule has 3 aromatic rings. The van der Waals surface area contributed by atoms with Crippen molar-refractivity contribution in [2.45, 2.75) is 26.1 Å². The smallest absolute Gasteiger partial charge is 0.0983 e. The molecule has 3 heterocycles. The maximum Gasteiger partial charge on any atom is 0.0983 e. The Balaban J connectivity index is 1.45. The summed E-state index contributed by atoms with van der Waals surface area (Å²) in [6.07, 6.45) is 5.84. The second-order valence-corrected chi connectivity index (χ2v) is 7.56. The van der Waals surface area contributed by atoms with Crippen molar-refractivity contribution in [1.29, 1.82) is 0 Å². The molecule has 1 unspecified atom stereocenters. The molecule has 6 heteroatoms. The number of hydrogen-bond donors (Lipinski definition) is 1. The van der Waals surface area contributed by atoms with Crippen LogP contribution in [-0.4, -0.2) is 58.6 Å². The average molecular weight is 392 g/mol. The Bertz CT molecular complexity index is 875. The normalized spacial score (nSPS) is 16.0. The molecule has 0 spiro atoms. The van der Waals surface area contributed by atoms with Gasteiger partial charge in [0, 0.05) is 61.9 Å². The number of pyridine rings is 1. The highest BCUT2D eigenvalue weighted by Crippen LogP contribution is 2.21. The SMILES string of the molecule is CC(CNCc1cn(Cc2ccccc2)nc1-c1cccnc1)N1CCOCC1. The van der Waals surface area contributed by atoms with Gasteiger partial charge in [-0.25, -0.2) is 0 Å². The number of morpholine rings is 1. The third kappa shape index (κ3) is 5.29. The Kier molecular flexibility index (Phi) is 6.67. The van der Waals surface area contributed by atoms with E-state index in [9.17, 15) is 0 Å². The fourth-order valence-electron chi connectivity index (χ4n) is 3.75. The molecule has 1 saturated heterocycles. The van der Waals surface area contributed by atoms with Gasteiger partial charge in [-0.1, -0.05) is 30.3 Å². The van der Waals surface area contributed by atoms with Crippen molar-refractivity contribution in [3.05, 3.63) is 72.2 Å². The Hall–Kier alpha value is -2.54. The van der Waals surface area contributed by atoms with E-state index in [1.54, 1.807) is 6.20 Å². The quantitative estimate of drug-likeness (QED) is 0.640. The maximum atomic E-state index is 5.46. The molecule has 1 atom stereocenters. The number of benzene rings is 1. The van der Waals surface area contributed by atoms with Gasteiger partial charge < -0.3 is 10.1 Å².